The molecule has 2 aromatic carbocycles. The summed E-state index contributed by atoms with van der Waals surface area (Å²) in [5.74, 6) is 0.0242. The van der Waals surface area contributed by atoms with Crippen LogP contribution in [0, 0.1) is 13.8 Å². The van der Waals surface area contributed by atoms with Crippen LogP contribution < -0.4 is 10.2 Å². The summed E-state index contributed by atoms with van der Waals surface area (Å²) in [6, 6.07) is 17.9. The van der Waals surface area contributed by atoms with Crippen molar-refractivity contribution in [1.82, 2.24) is 14.7 Å². The zero-order valence-electron chi connectivity index (χ0n) is 18.0. The quantitative estimate of drug-likeness (QED) is 0.625. The highest BCUT2D eigenvalue weighted by molar-refractivity contribution is 6.30. The molecule has 0 atom stereocenters. The number of piperazine rings is 1. The van der Waals surface area contributed by atoms with Crippen LogP contribution >= 0.6 is 11.6 Å². The second kappa shape index (κ2) is 9.54. The largest absolute Gasteiger partial charge is 0.369 e. The van der Waals surface area contributed by atoms with E-state index in [2.05, 4.69) is 26.3 Å². The molecule has 7 heteroatoms. The van der Waals surface area contributed by atoms with Crippen molar-refractivity contribution < 1.29 is 4.79 Å². The van der Waals surface area contributed by atoms with Crippen LogP contribution in [0.3, 0.4) is 0 Å². The molecule has 6 nitrogen and oxygen atoms in total. The summed E-state index contributed by atoms with van der Waals surface area (Å²) < 4.78 is 1.88. The van der Waals surface area contributed by atoms with E-state index in [0.717, 1.165) is 66.2 Å². The van der Waals surface area contributed by atoms with Crippen LogP contribution in [-0.4, -0.2) is 53.3 Å². The first kappa shape index (κ1) is 21.4. The Hall–Kier alpha value is -2.83. The maximum atomic E-state index is 12.6. The van der Waals surface area contributed by atoms with Crippen LogP contribution in [0.15, 0.2) is 54.6 Å². The third kappa shape index (κ3) is 5.09. The van der Waals surface area contributed by atoms with Gasteiger partial charge in [0.05, 0.1) is 22.8 Å². The van der Waals surface area contributed by atoms with Gasteiger partial charge in [0.25, 0.3) is 0 Å². The Morgan fingerprint density at radius 2 is 1.71 bits per heavy atom. The lowest BCUT2D eigenvalue weighted by atomic mass is 10.2. The number of carbonyl (C=O) groups is 1. The topological polar surface area (TPSA) is 53.4 Å². The number of rotatable bonds is 6. The number of anilines is 2. The fraction of sp³-hybridized carbons (Fsp3) is 0.333. The number of benzene rings is 2. The molecule has 1 amide bonds. The molecule has 4 rings (SSSR count). The maximum absolute atomic E-state index is 12.6. The monoisotopic (exact) mass is 437 g/mol. The van der Waals surface area contributed by atoms with Gasteiger partial charge in [-0.2, -0.15) is 5.10 Å². The molecular weight excluding hydrogens is 410 g/mol. The summed E-state index contributed by atoms with van der Waals surface area (Å²) in [6.07, 6.45) is 0.465. The number of para-hydroxylation sites is 1. The van der Waals surface area contributed by atoms with Crippen LogP contribution in [0.1, 0.15) is 17.8 Å². The lowest BCUT2D eigenvalue weighted by Gasteiger charge is -2.36. The average molecular weight is 438 g/mol. The van der Waals surface area contributed by atoms with Gasteiger partial charge in [-0.15, -0.1) is 0 Å². The van der Waals surface area contributed by atoms with Gasteiger partial charge in [0.1, 0.15) is 0 Å². The molecule has 0 radical (unpaired) electrons. The van der Waals surface area contributed by atoms with Crippen molar-refractivity contribution in [2.75, 3.05) is 42.9 Å². The first-order valence-corrected chi connectivity index (χ1v) is 11.0. The van der Waals surface area contributed by atoms with Gasteiger partial charge in [0.2, 0.25) is 5.91 Å². The molecule has 1 aliphatic rings. The normalized spacial score (nSPS) is 14.6. The lowest BCUT2D eigenvalue weighted by molar-refractivity contribution is -0.116. The van der Waals surface area contributed by atoms with Crippen molar-refractivity contribution in [2.45, 2.75) is 20.3 Å². The van der Waals surface area contributed by atoms with E-state index in [9.17, 15) is 4.79 Å². The fourth-order valence-corrected chi connectivity index (χ4v) is 4.19. The number of carbonyl (C=O) groups excluding carboxylic acids is 1. The van der Waals surface area contributed by atoms with E-state index in [4.69, 9.17) is 11.6 Å². The van der Waals surface area contributed by atoms with E-state index in [1.54, 1.807) is 0 Å². The summed E-state index contributed by atoms with van der Waals surface area (Å²) in [6.45, 7) is 8.40. The molecule has 3 aromatic rings. The highest BCUT2D eigenvalue weighted by atomic mass is 35.5. The molecule has 1 N–H and O–H groups in total. The first-order valence-electron chi connectivity index (χ1n) is 10.7. The fourth-order valence-electron chi connectivity index (χ4n) is 4.01. The molecule has 0 bridgehead atoms. The number of hydrogen-bond donors (Lipinski definition) is 1. The average Bonchev–Trinajstić information content (AvgIpc) is 3.07. The zero-order chi connectivity index (χ0) is 21.8. The third-order valence-corrected chi connectivity index (χ3v) is 5.99. The van der Waals surface area contributed by atoms with Crippen molar-refractivity contribution in [3.05, 3.63) is 71.0 Å². The second-order valence-electron chi connectivity index (χ2n) is 7.90. The molecule has 0 aliphatic carbocycles. The molecule has 1 saturated heterocycles. The Morgan fingerprint density at radius 1 is 1.00 bits per heavy atom. The van der Waals surface area contributed by atoms with E-state index >= 15 is 0 Å². The maximum Gasteiger partial charge on any atom is 0.225 e. The van der Waals surface area contributed by atoms with Gasteiger partial charge in [-0.25, -0.2) is 4.68 Å². The molecule has 0 unspecified atom stereocenters. The Balaban J connectivity index is 1.29. The van der Waals surface area contributed by atoms with Crippen LogP contribution in [-0.2, 0) is 4.79 Å². The zero-order valence-corrected chi connectivity index (χ0v) is 18.8. The number of amides is 1. The molecular formula is C24H28ClN5O. The summed E-state index contributed by atoms with van der Waals surface area (Å²) in [4.78, 5) is 17.3. The van der Waals surface area contributed by atoms with E-state index in [0.29, 0.717) is 6.42 Å². The van der Waals surface area contributed by atoms with E-state index in [1.807, 2.05) is 67.1 Å². The van der Waals surface area contributed by atoms with Crippen LogP contribution in [0.2, 0.25) is 5.02 Å². The Labute approximate surface area is 188 Å². The van der Waals surface area contributed by atoms with Crippen molar-refractivity contribution in [1.29, 1.82) is 0 Å². The Bertz CT molecular complexity index is 1040. The predicted octanol–water partition coefficient (Wildman–Crippen LogP) is 4.29. The van der Waals surface area contributed by atoms with Gasteiger partial charge in [-0.1, -0.05) is 35.9 Å². The summed E-state index contributed by atoms with van der Waals surface area (Å²) in [7, 11) is 0. The number of halogens is 1. The minimum Gasteiger partial charge on any atom is -0.369 e. The number of aromatic nitrogens is 2. The van der Waals surface area contributed by atoms with Crippen molar-refractivity contribution in [3.8, 4) is 5.69 Å². The smallest absolute Gasteiger partial charge is 0.225 e. The molecule has 1 aliphatic heterocycles. The number of nitrogens with one attached hydrogen (secondary N) is 1. The third-order valence-electron chi connectivity index (χ3n) is 5.76. The molecule has 162 valence electrons. The van der Waals surface area contributed by atoms with Crippen LogP contribution in [0.5, 0.6) is 0 Å². The summed E-state index contributed by atoms with van der Waals surface area (Å²) in [5, 5.41) is 8.44. The van der Waals surface area contributed by atoms with E-state index < -0.39 is 0 Å². The lowest BCUT2D eigenvalue weighted by Crippen LogP contribution is -2.47. The second-order valence-corrected chi connectivity index (χ2v) is 8.34. The standard InChI is InChI=1S/C24H28ClN5O/c1-18-24(19(2)30(27-18)21-8-4-3-5-9-21)26-23(31)11-12-28-13-15-29(16-14-28)22-10-6-7-20(25)17-22/h3-10,17H,11-16H2,1-2H3,(H,26,31). The van der Waals surface area contributed by atoms with Gasteiger partial charge in [-0.3, -0.25) is 9.69 Å². The summed E-state index contributed by atoms with van der Waals surface area (Å²) in [5.41, 5.74) is 4.71. The minimum atomic E-state index is 0.0242. The molecule has 1 aromatic heterocycles. The number of hydrogen-bond acceptors (Lipinski definition) is 4. The SMILES string of the molecule is Cc1nn(-c2ccccc2)c(C)c1NC(=O)CCN1CCN(c2cccc(Cl)c2)CC1. The van der Waals surface area contributed by atoms with E-state index in [-0.39, 0.29) is 5.91 Å². The van der Waals surface area contributed by atoms with E-state index in [1.165, 1.54) is 0 Å². The summed E-state index contributed by atoms with van der Waals surface area (Å²) >= 11 is 6.11. The Kier molecular flexibility index (Phi) is 6.59. The number of aryl methyl sites for hydroxylation is 1. The van der Waals surface area contributed by atoms with Gasteiger partial charge in [-0.05, 0) is 44.2 Å². The molecule has 1 fully saturated rings. The molecule has 0 spiro atoms. The van der Waals surface area contributed by atoms with Gasteiger partial charge >= 0.3 is 0 Å². The predicted molar refractivity (Wildman–Crippen MR) is 126 cm³/mol. The van der Waals surface area contributed by atoms with Crippen LogP contribution in [0.25, 0.3) is 5.69 Å². The highest BCUT2D eigenvalue weighted by Crippen LogP contribution is 2.23. The van der Waals surface area contributed by atoms with Gasteiger partial charge in [0, 0.05) is 49.9 Å². The molecule has 31 heavy (non-hydrogen) atoms. The minimum absolute atomic E-state index is 0.0242. The van der Waals surface area contributed by atoms with Crippen LogP contribution in [0.4, 0.5) is 11.4 Å². The van der Waals surface area contributed by atoms with Gasteiger partial charge < -0.3 is 10.2 Å². The van der Waals surface area contributed by atoms with Crippen molar-refractivity contribution in [2.24, 2.45) is 0 Å². The molecule has 2 heterocycles. The van der Waals surface area contributed by atoms with Crippen molar-refractivity contribution in [3.63, 3.8) is 0 Å². The Morgan fingerprint density at radius 3 is 2.42 bits per heavy atom. The van der Waals surface area contributed by atoms with Crippen molar-refractivity contribution >= 4 is 28.9 Å². The van der Waals surface area contributed by atoms with Gasteiger partial charge in [0.15, 0.2) is 0 Å². The highest BCUT2D eigenvalue weighted by Gasteiger charge is 2.19. The number of nitrogens with zero attached hydrogens (tertiary/aromatic N) is 4. The first-order chi connectivity index (χ1) is 15.0. The molecule has 0 saturated carbocycles.